The summed E-state index contributed by atoms with van der Waals surface area (Å²) >= 11 is 3.50. The van der Waals surface area contributed by atoms with E-state index in [4.69, 9.17) is 0 Å². The van der Waals surface area contributed by atoms with Crippen molar-refractivity contribution in [3.8, 4) is 0 Å². The fourth-order valence-electron chi connectivity index (χ4n) is 3.24. The first-order valence-corrected chi connectivity index (χ1v) is 9.33. The van der Waals surface area contributed by atoms with Crippen LogP contribution in [0.1, 0.15) is 42.9 Å². The van der Waals surface area contributed by atoms with E-state index in [1.165, 1.54) is 17.5 Å². The van der Waals surface area contributed by atoms with Crippen molar-refractivity contribution in [1.82, 2.24) is 4.90 Å². The number of hydrogen-bond acceptors (Lipinski definition) is 1. The molecule has 1 fully saturated rings. The number of anilines is 1. The van der Waals surface area contributed by atoms with E-state index < -0.39 is 0 Å². The molecule has 2 aromatic rings. The number of benzene rings is 2. The van der Waals surface area contributed by atoms with Gasteiger partial charge in [-0.15, -0.1) is 0 Å². The number of rotatable bonds is 2. The lowest BCUT2D eigenvalue weighted by atomic mass is 10.00. The third-order valence-corrected chi connectivity index (χ3v) is 5.28. The number of para-hydroxylation sites is 1. The molecule has 0 spiro atoms. The molecule has 0 unspecified atom stereocenters. The summed E-state index contributed by atoms with van der Waals surface area (Å²) in [6.45, 7) is 2.89. The highest BCUT2D eigenvalue weighted by Crippen LogP contribution is 2.31. The molecule has 4 heteroatoms. The Morgan fingerprint density at radius 1 is 1.08 bits per heavy atom. The molecule has 2 amide bonds. The molecule has 0 bridgehead atoms. The van der Waals surface area contributed by atoms with E-state index in [9.17, 15) is 4.79 Å². The van der Waals surface area contributed by atoms with Crippen LogP contribution in [0.25, 0.3) is 0 Å². The number of carbonyl (C=O) groups excluding carboxylic acids is 1. The zero-order valence-corrected chi connectivity index (χ0v) is 15.6. The fourth-order valence-corrected chi connectivity index (χ4v) is 3.62. The summed E-state index contributed by atoms with van der Waals surface area (Å²) < 4.78 is 0.903. The molecule has 3 nitrogen and oxygen atoms in total. The maximum absolute atomic E-state index is 12.9. The van der Waals surface area contributed by atoms with Gasteiger partial charge in [0.1, 0.15) is 0 Å². The van der Waals surface area contributed by atoms with Gasteiger partial charge in [0.25, 0.3) is 0 Å². The van der Waals surface area contributed by atoms with Crippen molar-refractivity contribution in [1.29, 1.82) is 0 Å². The van der Waals surface area contributed by atoms with Crippen molar-refractivity contribution in [2.75, 3.05) is 11.9 Å². The van der Waals surface area contributed by atoms with E-state index in [0.29, 0.717) is 0 Å². The molecule has 3 rings (SSSR count). The molecule has 0 aliphatic carbocycles. The SMILES string of the molecule is Cc1ccc([C@H]2CCCCCN2C(=O)Nc2ccccc2Br)cc1. The summed E-state index contributed by atoms with van der Waals surface area (Å²) in [5, 5.41) is 3.06. The Hall–Kier alpha value is -1.81. The fraction of sp³-hybridized carbons (Fsp3) is 0.350. The van der Waals surface area contributed by atoms with Gasteiger partial charge in [0.2, 0.25) is 0 Å². The van der Waals surface area contributed by atoms with Crippen molar-refractivity contribution < 1.29 is 4.79 Å². The third-order valence-electron chi connectivity index (χ3n) is 4.59. The molecule has 1 aliphatic rings. The summed E-state index contributed by atoms with van der Waals surface area (Å²) in [7, 11) is 0. The van der Waals surface area contributed by atoms with Crippen molar-refractivity contribution >= 4 is 27.6 Å². The largest absolute Gasteiger partial charge is 0.322 e. The molecule has 2 aromatic carbocycles. The molecule has 24 heavy (non-hydrogen) atoms. The molecule has 126 valence electrons. The van der Waals surface area contributed by atoms with Gasteiger partial charge in [-0.25, -0.2) is 4.79 Å². The Balaban J connectivity index is 1.82. The van der Waals surface area contributed by atoms with Crippen molar-refractivity contribution in [2.45, 2.75) is 38.6 Å². The molecule has 1 aliphatic heterocycles. The Labute approximate surface area is 152 Å². The van der Waals surface area contributed by atoms with E-state index in [1.807, 2.05) is 29.2 Å². The van der Waals surface area contributed by atoms with Crippen LogP contribution in [-0.2, 0) is 0 Å². The van der Waals surface area contributed by atoms with Crippen LogP contribution in [0.3, 0.4) is 0 Å². The summed E-state index contributed by atoms with van der Waals surface area (Å²) in [4.78, 5) is 14.9. The van der Waals surface area contributed by atoms with Crippen LogP contribution in [0.4, 0.5) is 10.5 Å². The molecule has 0 aromatic heterocycles. The lowest BCUT2D eigenvalue weighted by Crippen LogP contribution is -2.38. The first-order chi connectivity index (χ1) is 11.6. The maximum atomic E-state index is 12.9. The second kappa shape index (κ2) is 7.84. The zero-order chi connectivity index (χ0) is 16.9. The number of nitrogens with one attached hydrogen (secondary N) is 1. The zero-order valence-electron chi connectivity index (χ0n) is 14.0. The van der Waals surface area contributed by atoms with Gasteiger partial charge in [0, 0.05) is 11.0 Å². The highest BCUT2D eigenvalue weighted by molar-refractivity contribution is 9.10. The van der Waals surface area contributed by atoms with Crippen LogP contribution >= 0.6 is 15.9 Å². The van der Waals surface area contributed by atoms with Gasteiger partial charge >= 0.3 is 6.03 Å². The first-order valence-electron chi connectivity index (χ1n) is 8.54. The molecule has 1 atom stereocenters. The van der Waals surface area contributed by atoms with Crippen LogP contribution in [0.15, 0.2) is 53.0 Å². The average Bonchev–Trinajstić information content (AvgIpc) is 2.84. The third kappa shape index (κ3) is 3.99. The Morgan fingerprint density at radius 2 is 1.83 bits per heavy atom. The van der Waals surface area contributed by atoms with Crippen LogP contribution in [0, 0.1) is 6.92 Å². The van der Waals surface area contributed by atoms with E-state index >= 15 is 0 Å². The highest BCUT2D eigenvalue weighted by Gasteiger charge is 2.27. The number of carbonyl (C=O) groups is 1. The van der Waals surface area contributed by atoms with E-state index in [-0.39, 0.29) is 12.1 Å². The summed E-state index contributed by atoms with van der Waals surface area (Å²) in [5.41, 5.74) is 3.29. The number of halogens is 1. The van der Waals surface area contributed by atoms with Crippen LogP contribution in [0.2, 0.25) is 0 Å². The Bertz CT molecular complexity index is 699. The Kier molecular flexibility index (Phi) is 5.56. The second-order valence-electron chi connectivity index (χ2n) is 6.38. The van der Waals surface area contributed by atoms with Crippen molar-refractivity contribution in [3.05, 3.63) is 64.1 Å². The minimum Gasteiger partial charge on any atom is -0.317 e. The molecular weight excluding hydrogens is 364 g/mol. The van der Waals surface area contributed by atoms with Gasteiger partial charge in [0.05, 0.1) is 11.7 Å². The number of amides is 2. The lowest BCUT2D eigenvalue weighted by Gasteiger charge is -2.31. The van der Waals surface area contributed by atoms with Crippen LogP contribution < -0.4 is 5.32 Å². The predicted molar refractivity (Wildman–Crippen MR) is 102 cm³/mol. The lowest BCUT2D eigenvalue weighted by molar-refractivity contribution is 0.189. The predicted octanol–water partition coefficient (Wildman–Crippen LogP) is 5.91. The van der Waals surface area contributed by atoms with Gasteiger partial charge in [-0.2, -0.15) is 0 Å². The van der Waals surface area contributed by atoms with Crippen LogP contribution in [-0.4, -0.2) is 17.5 Å². The summed E-state index contributed by atoms with van der Waals surface area (Å²) in [5.74, 6) is 0. The number of urea groups is 1. The molecular formula is C20H23BrN2O. The van der Waals surface area contributed by atoms with Gasteiger partial charge in [0.15, 0.2) is 0 Å². The molecule has 0 radical (unpaired) electrons. The number of hydrogen-bond donors (Lipinski definition) is 1. The highest BCUT2D eigenvalue weighted by atomic mass is 79.9. The van der Waals surface area contributed by atoms with E-state index in [2.05, 4.69) is 52.4 Å². The quantitative estimate of drug-likeness (QED) is 0.683. The number of aryl methyl sites for hydroxylation is 1. The number of likely N-dealkylation sites (tertiary alicyclic amines) is 1. The Morgan fingerprint density at radius 3 is 2.58 bits per heavy atom. The monoisotopic (exact) mass is 386 g/mol. The van der Waals surface area contributed by atoms with E-state index in [0.717, 1.165) is 36.0 Å². The first kappa shape index (κ1) is 17.0. The van der Waals surface area contributed by atoms with Gasteiger partial charge in [-0.1, -0.05) is 54.8 Å². The standard InChI is InChI=1S/C20H23BrN2O/c1-15-10-12-16(13-11-15)19-9-3-2-6-14-23(19)20(24)22-18-8-5-4-7-17(18)21/h4-5,7-8,10-13,19H,2-3,6,9,14H2,1H3,(H,22,24)/t19-/m1/s1. The number of nitrogens with zero attached hydrogens (tertiary/aromatic N) is 1. The second-order valence-corrected chi connectivity index (χ2v) is 7.23. The molecule has 1 N–H and O–H groups in total. The molecule has 0 saturated carbocycles. The maximum Gasteiger partial charge on any atom is 0.322 e. The summed E-state index contributed by atoms with van der Waals surface area (Å²) in [6, 6.07) is 16.4. The average molecular weight is 387 g/mol. The van der Waals surface area contributed by atoms with Crippen molar-refractivity contribution in [3.63, 3.8) is 0 Å². The van der Waals surface area contributed by atoms with Gasteiger partial charge < -0.3 is 10.2 Å². The van der Waals surface area contributed by atoms with E-state index in [1.54, 1.807) is 0 Å². The molecule has 1 saturated heterocycles. The van der Waals surface area contributed by atoms with Crippen LogP contribution in [0.5, 0.6) is 0 Å². The normalized spacial score (nSPS) is 18.1. The molecule has 1 heterocycles. The van der Waals surface area contributed by atoms with Gasteiger partial charge in [-0.05, 0) is 53.4 Å². The van der Waals surface area contributed by atoms with Gasteiger partial charge in [-0.3, -0.25) is 0 Å². The minimum atomic E-state index is -0.0191. The topological polar surface area (TPSA) is 32.3 Å². The van der Waals surface area contributed by atoms with Crippen molar-refractivity contribution in [2.24, 2.45) is 0 Å². The minimum absolute atomic E-state index is 0.0191. The summed E-state index contributed by atoms with van der Waals surface area (Å²) in [6.07, 6.45) is 4.43. The smallest absolute Gasteiger partial charge is 0.317 e.